The summed E-state index contributed by atoms with van der Waals surface area (Å²) >= 11 is 0. The Kier molecular flexibility index (Phi) is 6.13. The van der Waals surface area contributed by atoms with Gasteiger partial charge in [-0.3, -0.25) is 4.79 Å². The quantitative estimate of drug-likeness (QED) is 0.792. The topological polar surface area (TPSA) is 55.1 Å². The number of amides is 1. The smallest absolute Gasteiger partial charge is 0.224 e. The average Bonchev–Trinajstić information content (AvgIpc) is 2.28. The van der Waals surface area contributed by atoms with Crippen LogP contribution in [0, 0.1) is 23.7 Å². The Morgan fingerprint density at radius 2 is 1.72 bits per heavy atom. The molecule has 18 heavy (non-hydrogen) atoms. The van der Waals surface area contributed by atoms with E-state index in [9.17, 15) is 4.79 Å². The van der Waals surface area contributed by atoms with Crippen molar-refractivity contribution in [2.75, 3.05) is 6.54 Å². The SMILES string of the molecule is CC(C)C(CNC(=O)C1CCCCC1N)C(C)C. The van der Waals surface area contributed by atoms with Crippen molar-refractivity contribution < 1.29 is 4.79 Å². The van der Waals surface area contributed by atoms with Gasteiger partial charge in [-0.05, 0) is 30.6 Å². The lowest BCUT2D eigenvalue weighted by Crippen LogP contribution is -2.45. The van der Waals surface area contributed by atoms with E-state index in [1.165, 1.54) is 6.42 Å². The van der Waals surface area contributed by atoms with E-state index in [2.05, 4.69) is 33.0 Å². The molecule has 1 saturated carbocycles. The molecule has 0 heterocycles. The minimum atomic E-state index is 0.0405. The van der Waals surface area contributed by atoms with Crippen LogP contribution < -0.4 is 11.1 Å². The third-order valence-corrected chi connectivity index (χ3v) is 4.38. The average molecular weight is 254 g/mol. The summed E-state index contributed by atoms with van der Waals surface area (Å²) in [6.45, 7) is 9.69. The number of nitrogens with one attached hydrogen (secondary N) is 1. The Labute approximate surface area is 112 Å². The maximum atomic E-state index is 12.2. The molecule has 3 N–H and O–H groups in total. The van der Waals surface area contributed by atoms with Gasteiger partial charge in [-0.1, -0.05) is 40.5 Å². The molecule has 0 aliphatic heterocycles. The molecule has 0 aromatic rings. The molecule has 1 aliphatic rings. The fourth-order valence-corrected chi connectivity index (χ4v) is 3.08. The molecule has 0 bridgehead atoms. The van der Waals surface area contributed by atoms with Gasteiger partial charge in [0.25, 0.3) is 0 Å². The predicted octanol–water partition coefficient (Wildman–Crippen LogP) is 2.55. The van der Waals surface area contributed by atoms with Crippen molar-refractivity contribution in [2.45, 2.75) is 59.4 Å². The van der Waals surface area contributed by atoms with Crippen molar-refractivity contribution in [3.05, 3.63) is 0 Å². The van der Waals surface area contributed by atoms with Gasteiger partial charge in [0, 0.05) is 12.6 Å². The highest BCUT2D eigenvalue weighted by atomic mass is 16.1. The standard InChI is InChI=1S/C15H30N2O/c1-10(2)13(11(3)4)9-17-15(18)12-7-5-6-8-14(12)16/h10-14H,5-9,16H2,1-4H3,(H,17,18). The molecule has 0 spiro atoms. The molecule has 0 aromatic carbocycles. The number of carbonyl (C=O) groups excluding carboxylic acids is 1. The Bertz CT molecular complexity index is 255. The van der Waals surface area contributed by atoms with Crippen LogP contribution in [0.4, 0.5) is 0 Å². The third-order valence-electron chi connectivity index (χ3n) is 4.38. The zero-order valence-electron chi connectivity index (χ0n) is 12.4. The molecule has 3 heteroatoms. The Morgan fingerprint density at radius 1 is 1.17 bits per heavy atom. The lowest BCUT2D eigenvalue weighted by Gasteiger charge is -2.30. The zero-order valence-corrected chi connectivity index (χ0v) is 12.4. The minimum absolute atomic E-state index is 0.0405. The summed E-state index contributed by atoms with van der Waals surface area (Å²) in [7, 11) is 0. The first-order valence-electron chi connectivity index (χ1n) is 7.46. The zero-order chi connectivity index (χ0) is 13.7. The first-order valence-corrected chi connectivity index (χ1v) is 7.46. The molecule has 106 valence electrons. The van der Waals surface area contributed by atoms with E-state index in [4.69, 9.17) is 5.73 Å². The van der Waals surface area contributed by atoms with E-state index in [1.807, 2.05) is 0 Å². The van der Waals surface area contributed by atoms with Crippen molar-refractivity contribution in [1.29, 1.82) is 0 Å². The molecule has 3 nitrogen and oxygen atoms in total. The van der Waals surface area contributed by atoms with Crippen molar-refractivity contribution >= 4 is 5.91 Å². The van der Waals surface area contributed by atoms with Crippen molar-refractivity contribution in [1.82, 2.24) is 5.32 Å². The van der Waals surface area contributed by atoms with Gasteiger partial charge in [-0.15, -0.1) is 0 Å². The first-order chi connectivity index (χ1) is 8.43. The lowest BCUT2D eigenvalue weighted by molar-refractivity contribution is -0.126. The lowest BCUT2D eigenvalue weighted by atomic mass is 9.83. The Hall–Kier alpha value is -0.570. The molecular formula is C15H30N2O. The van der Waals surface area contributed by atoms with Gasteiger partial charge in [0.15, 0.2) is 0 Å². The second-order valence-electron chi connectivity index (χ2n) is 6.45. The molecule has 1 aliphatic carbocycles. The molecular weight excluding hydrogens is 224 g/mol. The van der Waals surface area contributed by atoms with E-state index < -0.39 is 0 Å². The number of hydrogen-bond acceptors (Lipinski definition) is 2. The van der Waals surface area contributed by atoms with Crippen LogP contribution in [0.2, 0.25) is 0 Å². The second kappa shape index (κ2) is 7.13. The van der Waals surface area contributed by atoms with Crippen LogP contribution in [-0.4, -0.2) is 18.5 Å². The highest BCUT2D eigenvalue weighted by Gasteiger charge is 2.29. The van der Waals surface area contributed by atoms with Crippen molar-refractivity contribution in [3.8, 4) is 0 Å². The van der Waals surface area contributed by atoms with Crippen LogP contribution >= 0.6 is 0 Å². The van der Waals surface area contributed by atoms with E-state index in [0.717, 1.165) is 25.8 Å². The normalized spacial score (nSPS) is 24.9. The fraction of sp³-hybridized carbons (Fsp3) is 0.933. The summed E-state index contributed by atoms with van der Waals surface area (Å²) in [5, 5.41) is 3.13. The third kappa shape index (κ3) is 4.27. The van der Waals surface area contributed by atoms with E-state index in [1.54, 1.807) is 0 Å². The summed E-state index contributed by atoms with van der Waals surface area (Å²) in [5.41, 5.74) is 6.05. The van der Waals surface area contributed by atoms with Gasteiger partial charge < -0.3 is 11.1 Å². The maximum Gasteiger partial charge on any atom is 0.224 e. The molecule has 1 rings (SSSR count). The molecule has 2 atom stereocenters. The summed E-state index contributed by atoms with van der Waals surface area (Å²) in [6, 6.07) is 0.0651. The fourth-order valence-electron chi connectivity index (χ4n) is 3.08. The van der Waals surface area contributed by atoms with Crippen molar-refractivity contribution in [2.24, 2.45) is 29.4 Å². The highest BCUT2D eigenvalue weighted by molar-refractivity contribution is 5.79. The highest BCUT2D eigenvalue weighted by Crippen LogP contribution is 2.24. The van der Waals surface area contributed by atoms with Gasteiger partial charge in [0.2, 0.25) is 5.91 Å². The number of nitrogens with two attached hydrogens (primary N) is 1. The predicted molar refractivity (Wildman–Crippen MR) is 76.1 cm³/mol. The van der Waals surface area contributed by atoms with Crippen LogP contribution in [0.15, 0.2) is 0 Å². The monoisotopic (exact) mass is 254 g/mol. The molecule has 2 unspecified atom stereocenters. The van der Waals surface area contributed by atoms with Gasteiger partial charge in [-0.2, -0.15) is 0 Å². The van der Waals surface area contributed by atoms with E-state index >= 15 is 0 Å². The van der Waals surface area contributed by atoms with Crippen LogP contribution in [0.5, 0.6) is 0 Å². The summed E-state index contributed by atoms with van der Waals surface area (Å²) in [6.07, 6.45) is 4.27. The summed E-state index contributed by atoms with van der Waals surface area (Å²) in [5.74, 6) is 1.97. The molecule has 0 radical (unpaired) electrons. The van der Waals surface area contributed by atoms with Crippen LogP contribution in [0.25, 0.3) is 0 Å². The summed E-state index contributed by atoms with van der Waals surface area (Å²) < 4.78 is 0. The minimum Gasteiger partial charge on any atom is -0.356 e. The van der Waals surface area contributed by atoms with E-state index in [0.29, 0.717) is 17.8 Å². The van der Waals surface area contributed by atoms with Gasteiger partial charge in [0.05, 0.1) is 5.92 Å². The Balaban J connectivity index is 2.44. The Morgan fingerprint density at radius 3 is 2.22 bits per heavy atom. The first kappa shape index (κ1) is 15.5. The second-order valence-corrected chi connectivity index (χ2v) is 6.45. The van der Waals surface area contributed by atoms with Gasteiger partial charge >= 0.3 is 0 Å². The number of rotatable bonds is 5. The molecule has 0 saturated heterocycles. The number of hydrogen-bond donors (Lipinski definition) is 2. The van der Waals surface area contributed by atoms with Gasteiger partial charge in [-0.25, -0.2) is 0 Å². The van der Waals surface area contributed by atoms with Crippen LogP contribution in [-0.2, 0) is 4.79 Å². The van der Waals surface area contributed by atoms with Crippen LogP contribution in [0.3, 0.4) is 0 Å². The molecule has 1 amide bonds. The number of carbonyl (C=O) groups is 1. The van der Waals surface area contributed by atoms with E-state index in [-0.39, 0.29) is 17.9 Å². The molecule has 0 aromatic heterocycles. The largest absolute Gasteiger partial charge is 0.356 e. The summed E-state index contributed by atoms with van der Waals surface area (Å²) in [4.78, 5) is 12.2. The maximum absolute atomic E-state index is 12.2. The van der Waals surface area contributed by atoms with Gasteiger partial charge in [0.1, 0.15) is 0 Å². The van der Waals surface area contributed by atoms with Crippen molar-refractivity contribution in [3.63, 3.8) is 0 Å². The molecule has 1 fully saturated rings. The van der Waals surface area contributed by atoms with Crippen LogP contribution in [0.1, 0.15) is 53.4 Å².